The van der Waals surface area contributed by atoms with Crippen molar-refractivity contribution in [3.63, 3.8) is 0 Å². The van der Waals surface area contributed by atoms with E-state index in [9.17, 15) is 58.2 Å². The summed E-state index contributed by atoms with van der Waals surface area (Å²) in [4.78, 5) is 129. The van der Waals surface area contributed by atoms with Gasteiger partial charge in [0.1, 0.15) is 42.0 Å². The lowest BCUT2D eigenvalue weighted by molar-refractivity contribution is -0.148. The number of carboxylic acid groups (broad SMARTS) is 2. The van der Waals surface area contributed by atoms with Crippen LogP contribution in [0.3, 0.4) is 0 Å². The highest BCUT2D eigenvalue weighted by Crippen LogP contribution is 2.25. The molecule has 9 atom stereocenters. The molecule has 1 aromatic carbocycles. The minimum Gasteiger partial charge on any atom is -0.494 e. The van der Waals surface area contributed by atoms with Gasteiger partial charge in [0.05, 0.1) is 31.7 Å². The minimum absolute atomic E-state index is 0.0249. The van der Waals surface area contributed by atoms with Gasteiger partial charge in [0.25, 0.3) is 0 Å². The lowest BCUT2D eigenvalue weighted by Gasteiger charge is -2.29. The molecule has 2 rings (SSSR count). The number of benzene rings is 1. The molecule has 26 heteroatoms. The first-order valence-corrected chi connectivity index (χ1v) is 25.0. The van der Waals surface area contributed by atoms with Crippen LogP contribution in [-0.2, 0) is 54.4 Å². The van der Waals surface area contributed by atoms with E-state index in [0.717, 1.165) is 6.92 Å². The third-order valence-corrected chi connectivity index (χ3v) is 13.3. The summed E-state index contributed by atoms with van der Waals surface area (Å²) in [6.07, 6.45) is -0.862. The third kappa shape index (κ3) is 20.8. The molecule has 8 amide bonds. The van der Waals surface area contributed by atoms with Crippen LogP contribution in [0.15, 0.2) is 24.3 Å². The Morgan fingerprint density at radius 2 is 1.49 bits per heavy atom. The van der Waals surface area contributed by atoms with Gasteiger partial charge in [-0.3, -0.25) is 43.2 Å². The van der Waals surface area contributed by atoms with Gasteiger partial charge in [-0.05, 0) is 69.7 Å². The van der Waals surface area contributed by atoms with Gasteiger partial charge >= 0.3 is 11.9 Å². The number of carbonyl (C=O) groups is 10. The maximum Gasteiger partial charge on any atom is 0.326 e. The summed E-state index contributed by atoms with van der Waals surface area (Å²) in [7, 11) is 2.47. The number of nitrogens with zero attached hydrogens (tertiary/aromatic N) is 1. The van der Waals surface area contributed by atoms with Gasteiger partial charge in [-0.25, -0.2) is 4.79 Å². The molecule has 0 spiro atoms. The van der Waals surface area contributed by atoms with E-state index in [4.69, 9.17) is 27.0 Å². The lowest BCUT2D eigenvalue weighted by atomic mass is 9.96. The molecule has 0 bridgehead atoms. The van der Waals surface area contributed by atoms with Crippen molar-refractivity contribution in [1.29, 1.82) is 0 Å². The maximum absolute atomic E-state index is 14.0. The van der Waals surface area contributed by atoms with Gasteiger partial charge < -0.3 is 74.1 Å². The van der Waals surface area contributed by atoms with Gasteiger partial charge in [0.15, 0.2) is 0 Å². The zero-order valence-corrected chi connectivity index (χ0v) is 40.9. The van der Waals surface area contributed by atoms with Crippen LogP contribution in [0, 0.1) is 5.92 Å². The van der Waals surface area contributed by atoms with E-state index in [1.807, 2.05) is 12.2 Å². The Hall–Kier alpha value is -5.70. The molecular weight excluding hydrogens is 945 g/mol. The Kier molecular flexibility index (Phi) is 26.5. The number of carboxylic acids is 2. The first kappa shape index (κ1) is 59.4. The standard InChI is InChI=1S/C43H68N10O14S2/c1-5-23(3)35(40(62)52-36(24(4)54)41(63)50-30(43(65)66)20-34(57)58)51-38(60)29(19-25-11-13-26(14-12-25)67-6-2)48-33(56)15-18-68-69-22-27(45)42(64)53-17-8-10-31(53)39(61)49-28(9-7-16-44)37(59)47-21-32(46)55/h11-14,23-24,27-31,35-36,54H,5-10,15-22,44-45H2,1-4H3,(H2,46,55)(H,47,59)(H,48,56)(H,49,61)(H,50,63)(H,51,60)(H,52,62)(H,57,58)(H,65,66)/t23-,24+,27-,28-,29+,30+,31-,35-,36-/m0/s1. The fraction of sp³-hybridized carbons (Fsp3) is 0.628. The summed E-state index contributed by atoms with van der Waals surface area (Å²) in [5.74, 6) is -8.62. The fourth-order valence-corrected chi connectivity index (χ4v) is 9.00. The molecule has 0 aromatic heterocycles. The second-order valence-electron chi connectivity index (χ2n) is 16.3. The van der Waals surface area contributed by atoms with E-state index in [1.54, 1.807) is 38.1 Å². The van der Waals surface area contributed by atoms with Crippen LogP contribution in [-0.4, -0.2) is 166 Å². The minimum atomic E-state index is -1.87. The summed E-state index contributed by atoms with van der Waals surface area (Å²) in [5.41, 5.74) is 17.6. The average Bonchev–Trinajstić information content (AvgIpc) is 3.80. The van der Waals surface area contributed by atoms with Gasteiger partial charge in [-0.1, -0.05) is 54.0 Å². The summed E-state index contributed by atoms with van der Waals surface area (Å²) < 4.78 is 5.51. The maximum atomic E-state index is 14.0. The predicted molar refractivity (Wildman–Crippen MR) is 255 cm³/mol. The van der Waals surface area contributed by atoms with Crippen LogP contribution in [0.25, 0.3) is 0 Å². The van der Waals surface area contributed by atoms with Crippen LogP contribution in [0.5, 0.6) is 5.75 Å². The Bertz CT molecular complexity index is 1930. The number of rotatable bonds is 32. The van der Waals surface area contributed by atoms with E-state index < -0.39 is 126 Å². The number of ether oxygens (including phenoxy) is 1. The molecule has 1 aromatic rings. The highest BCUT2D eigenvalue weighted by molar-refractivity contribution is 8.76. The van der Waals surface area contributed by atoms with Crippen molar-refractivity contribution < 1.29 is 68.0 Å². The Morgan fingerprint density at radius 3 is 2.07 bits per heavy atom. The molecule has 0 aliphatic carbocycles. The topological polar surface area (TPSA) is 394 Å². The van der Waals surface area contributed by atoms with Crippen molar-refractivity contribution in [2.45, 2.75) is 127 Å². The molecule has 1 aliphatic rings. The highest BCUT2D eigenvalue weighted by Gasteiger charge is 2.38. The summed E-state index contributed by atoms with van der Waals surface area (Å²) in [6.45, 7) is 6.87. The van der Waals surface area contributed by atoms with Gasteiger partial charge in [0, 0.05) is 30.9 Å². The van der Waals surface area contributed by atoms with Crippen molar-refractivity contribution >= 4 is 80.8 Å². The van der Waals surface area contributed by atoms with Crippen molar-refractivity contribution in [2.75, 3.05) is 37.7 Å². The van der Waals surface area contributed by atoms with Crippen LogP contribution in [0.2, 0.25) is 0 Å². The number of aliphatic hydroxyl groups is 1. The van der Waals surface area contributed by atoms with E-state index in [1.165, 1.54) is 26.5 Å². The number of hydrogen-bond donors (Lipinski definition) is 12. The van der Waals surface area contributed by atoms with E-state index in [0.29, 0.717) is 43.6 Å². The number of nitrogens with one attached hydrogen (secondary N) is 6. The quantitative estimate of drug-likeness (QED) is 0.0261. The zero-order chi connectivity index (χ0) is 51.8. The van der Waals surface area contributed by atoms with E-state index >= 15 is 0 Å². The SMILES string of the molecule is CCOc1ccc(C[C@@H](NC(=O)CCSSC[C@H](N)C(=O)N2CCC[C@H]2C(=O)N[C@@H](CCCN)C(=O)NCC(N)=O)C(=O)N[C@H](C(=O)N[C@H](C(=O)N[C@H](CC(=O)O)C(=O)O)[C@@H](C)O)[C@@H](C)CC)cc1. The van der Waals surface area contributed by atoms with Crippen LogP contribution >= 0.6 is 21.6 Å². The molecule has 24 nitrogen and oxygen atoms in total. The number of aliphatic carboxylic acids is 2. The summed E-state index contributed by atoms with van der Waals surface area (Å²) in [5, 5.41) is 43.6. The summed E-state index contributed by atoms with van der Waals surface area (Å²) >= 11 is 0. The molecule has 0 unspecified atom stereocenters. The molecular formula is C43H68N10O14S2. The molecule has 1 aliphatic heterocycles. The van der Waals surface area contributed by atoms with Gasteiger partial charge in [0.2, 0.25) is 47.3 Å². The molecule has 386 valence electrons. The number of amides is 8. The highest BCUT2D eigenvalue weighted by atomic mass is 33.1. The van der Waals surface area contributed by atoms with Crippen molar-refractivity contribution in [3.05, 3.63) is 29.8 Å². The van der Waals surface area contributed by atoms with Crippen LogP contribution < -0.4 is 53.8 Å². The lowest BCUT2D eigenvalue weighted by Crippen LogP contribution is -2.61. The largest absolute Gasteiger partial charge is 0.494 e. The fourth-order valence-electron chi connectivity index (χ4n) is 6.90. The Labute approximate surface area is 408 Å². The molecule has 1 fully saturated rings. The molecule has 69 heavy (non-hydrogen) atoms. The first-order chi connectivity index (χ1) is 32.6. The van der Waals surface area contributed by atoms with Crippen molar-refractivity contribution in [3.8, 4) is 5.75 Å². The van der Waals surface area contributed by atoms with Gasteiger partial charge in [-0.2, -0.15) is 0 Å². The van der Waals surface area contributed by atoms with E-state index in [2.05, 4.69) is 26.6 Å². The number of nitrogens with two attached hydrogens (primary N) is 3. The van der Waals surface area contributed by atoms with Gasteiger partial charge in [-0.15, -0.1) is 0 Å². The number of hydrogen-bond acceptors (Lipinski definition) is 16. The first-order valence-electron chi connectivity index (χ1n) is 22.6. The van der Waals surface area contributed by atoms with Crippen molar-refractivity contribution in [1.82, 2.24) is 36.8 Å². The summed E-state index contributed by atoms with van der Waals surface area (Å²) in [6, 6.07) is -2.27. The smallest absolute Gasteiger partial charge is 0.326 e. The van der Waals surface area contributed by atoms with Crippen molar-refractivity contribution in [2.24, 2.45) is 23.1 Å². The Morgan fingerprint density at radius 1 is 0.841 bits per heavy atom. The Balaban J connectivity index is 2.12. The zero-order valence-electron chi connectivity index (χ0n) is 39.2. The normalized spacial score (nSPS) is 16.7. The number of primary amides is 1. The van der Waals surface area contributed by atoms with E-state index in [-0.39, 0.29) is 43.9 Å². The molecule has 0 radical (unpaired) electrons. The molecule has 0 saturated carbocycles. The second kappa shape index (κ2) is 30.7. The monoisotopic (exact) mass is 1010 g/mol. The number of carbonyl (C=O) groups excluding carboxylic acids is 8. The predicted octanol–water partition coefficient (Wildman–Crippen LogP) is -2.53. The molecule has 1 heterocycles. The average molecular weight is 1010 g/mol. The molecule has 1 saturated heterocycles. The van der Waals surface area contributed by atoms with Crippen LogP contribution in [0.1, 0.15) is 78.2 Å². The second-order valence-corrected chi connectivity index (χ2v) is 19.0. The number of likely N-dealkylation sites (tertiary alicyclic amines) is 1. The third-order valence-electron chi connectivity index (χ3n) is 10.8. The number of aliphatic hydroxyl groups excluding tert-OH is 1. The molecule has 15 N–H and O–H groups in total. The van der Waals surface area contributed by atoms with Crippen LogP contribution in [0.4, 0.5) is 0 Å².